The summed E-state index contributed by atoms with van der Waals surface area (Å²) in [4.78, 5) is 35.6. The molecule has 0 spiro atoms. The number of nitrogens with zero attached hydrogens (tertiary/aromatic N) is 4. The summed E-state index contributed by atoms with van der Waals surface area (Å²) in [5, 5.41) is 0. The highest BCUT2D eigenvalue weighted by Gasteiger charge is 2.28. The minimum Gasteiger partial charge on any atom is -0.368 e. The van der Waals surface area contributed by atoms with E-state index in [1.54, 1.807) is 24.1 Å². The van der Waals surface area contributed by atoms with Crippen molar-refractivity contribution in [3.63, 3.8) is 0 Å². The number of rotatable bonds is 2. The Labute approximate surface area is 146 Å². The lowest BCUT2D eigenvalue weighted by Gasteiger charge is -2.32. The van der Waals surface area contributed by atoms with Gasteiger partial charge in [0.15, 0.2) is 0 Å². The first-order chi connectivity index (χ1) is 11.9. The van der Waals surface area contributed by atoms with Crippen molar-refractivity contribution in [3.05, 3.63) is 57.0 Å². The lowest BCUT2D eigenvalue weighted by atomic mass is 10.1. The zero-order valence-electron chi connectivity index (χ0n) is 14.9. The minimum atomic E-state index is -0.313. The monoisotopic (exact) mass is 342 g/mol. The number of carbonyl (C=O) groups is 1. The van der Waals surface area contributed by atoms with E-state index in [2.05, 4.69) is 9.97 Å². The van der Waals surface area contributed by atoms with Gasteiger partial charge in [-0.15, -0.1) is 0 Å². The molecule has 132 valence electrons. The summed E-state index contributed by atoms with van der Waals surface area (Å²) in [6, 6.07) is 5.25. The number of amides is 1. The van der Waals surface area contributed by atoms with Crippen LogP contribution in [0.15, 0.2) is 23.0 Å². The molecule has 0 radical (unpaired) electrons. The zero-order valence-corrected chi connectivity index (χ0v) is 14.9. The number of hydrogen-bond donors (Lipinski definition) is 0. The summed E-state index contributed by atoms with van der Waals surface area (Å²) in [6.45, 7) is 6.80. The molecule has 7 nitrogen and oxygen atoms in total. The van der Waals surface area contributed by atoms with Crippen molar-refractivity contribution < 1.29 is 9.53 Å². The molecule has 3 heterocycles. The minimum absolute atomic E-state index is 0.184. The smallest absolute Gasteiger partial charge is 0.263 e. The van der Waals surface area contributed by atoms with E-state index in [1.165, 1.54) is 4.57 Å². The highest BCUT2D eigenvalue weighted by Crippen LogP contribution is 2.22. The van der Waals surface area contributed by atoms with E-state index < -0.39 is 0 Å². The zero-order chi connectivity index (χ0) is 18.1. The van der Waals surface area contributed by atoms with Crippen molar-refractivity contribution in [2.24, 2.45) is 7.05 Å². The van der Waals surface area contributed by atoms with Gasteiger partial charge in [0, 0.05) is 25.0 Å². The summed E-state index contributed by atoms with van der Waals surface area (Å²) >= 11 is 0. The molecule has 1 saturated heterocycles. The number of morpholine rings is 1. The van der Waals surface area contributed by atoms with Gasteiger partial charge in [-0.1, -0.05) is 0 Å². The summed E-state index contributed by atoms with van der Waals surface area (Å²) in [7, 11) is 1.67. The van der Waals surface area contributed by atoms with E-state index in [4.69, 9.17) is 4.74 Å². The van der Waals surface area contributed by atoms with Crippen molar-refractivity contribution in [2.45, 2.75) is 26.9 Å². The van der Waals surface area contributed by atoms with Crippen LogP contribution in [0.3, 0.4) is 0 Å². The van der Waals surface area contributed by atoms with Crippen molar-refractivity contribution in [3.8, 4) is 0 Å². The molecule has 1 atom stereocenters. The molecule has 2 aromatic heterocycles. The Kier molecular flexibility index (Phi) is 4.67. The molecule has 25 heavy (non-hydrogen) atoms. The second-order valence-corrected chi connectivity index (χ2v) is 6.34. The first-order valence-electron chi connectivity index (χ1n) is 8.26. The quantitative estimate of drug-likeness (QED) is 0.822. The van der Waals surface area contributed by atoms with E-state index in [9.17, 15) is 9.59 Å². The van der Waals surface area contributed by atoms with Gasteiger partial charge >= 0.3 is 0 Å². The molecule has 0 unspecified atom stereocenters. The number of hydrogen-bond acceptors (Lipinski definition) is 5. The molecule has 0 saturated carbocycles. The van der Waals surface area contributed by atoms with Gasteiger partial charge in [0.25, 0.3) is 11.5 Å². The van der Waals surface area contributed by atoms with Crippen LogP contribution in [0.5, 0.6) is 0 Å². The van der Waals surface area contributed by atoms with Crippen LogP contribution in [0.1, 0.15) is 39.4 Å². The number of ether oxygens (including phenoxy) is 1. The Morgan fingerprint density at radius 2 is 2.00 bits per heavy atom. The Morgan fingerprint density at radius 3 is 2.72 bits per heavy atom. The maximum atomic E-state index is 12.8. The van der Waals surface area contributed by atoms with Gasteiger partial charge in [0.05, 0.1) is 18.8 Å². The molecule has 2 aromatic rings. The Balaban J connectivity index is 1.85. The number of carbonyl (C=O) groups excluding carboxylic acids is 1. The van der Waals surface area contributed by atoms with Gasteiger partial charge in [-0.25, -0.2) is 9.97 Å². The van der Waals surface area contributed by atoms with Crippen LogP contribution in [0.2, 0.25) is 0 Å². The van der Waals surface area contributed by atoms with Crippen molar-refractivity contribution >= 4 is 5.91 Å². The van der Waals surface area contributed by atoms with Crippen molar-refractivity contribution in [1.82, 2.24) is 19.4 Å². The maximum absolute atomic E-state index is 12.8. The standard InChI is InChI=1S/C18H22N4O3/c1-11-9-15(20-13(3)19-11)16-10-22(7-8-25-16)18(24)14-6-5-12(2)21(4)17(14)23/h5-6,9,16H,7-8,10H2,1-4H3/t16-/m1/s1. The molecular formula is C18H22N4O3. The van der Waals surface area contributed by atoms with Crippen LogP contribution >= 0.6 is 0 Å². The van der Waals surface area contributed by atoms with Gasteiger partial charge in [0.2, 0.25) is 0 Å². The van der Waals surface area contributed by atoms with Crippen LogP contribution in [0.25, 0.3) is 0 Å². The van der Waals surface area contributed by atoms with Gasteiger partial charge < -0.3 is 14.2 Å². The summed E-state index contributed by atoms with van der Waals surface area (Å²) < 4.78 is 7.28. The fraction of sp³-hybridized carbons (Fsp3) is 0.444. The number of aryl methyl sites for hydroxylation is 3. The fourth-order valence-corrected chi connectivity index (χ4v) is 2.98. The van der Waals surface area contributed by atoms with Crippen LogP contribution in [-0.2, 0) is 11.8 Å². The van der Waals surface area contributed by atoms with Gasteiger partial charge in [-0.05, 0) is 39.0 Å². The summed E-state index contributed by atoms with van der Waals surface area (Å²) in [6.07, 6.45) is -0.313. The normalized spacial score (nSPS) is 17.6. The van der Waals surface area contributed by atoms with Gasteiger partial charge in [0.1, 0.15) is 17.5 Å². The first kappa shape index (κ1) is 17.3. The van der Waals surface area contributed by atoms with E-state index in [-0.39, 0.29) is 23.1 Å². The Bertz CT molecular complexity index is 855. The van der Waals surface area contributed by atoms with Gasteiger partial charge in [-0.2, -0.15) is 0 Å². The lowest BCUT2D eigenvalue weighted by Crippen LogP contribution is -2.44. The van der Waals surface area contributed by atoms with E-state index in [1.807, 2.05) is 26.8 Å². The van der Waals surface area contributed by atoms with Gasteiger partial charge in [-0.3, -0.25) is 9.59 Å². The second-order valence-electron chi connectivity index (χ2n) is 6.34. The molecule has 1 aliphatic rings. The third-order valence-electron chi connectivity index (χ3n) is 4.46. The third-order valence-corrected chi connectivity index (χ3v) is 4.46. The average Bonchev–Trinajstić information content (AvgIpc) is 2.58. The van der Waals surface area contributed by atoms with Crippen molar-refractivity contribution in [2.75, 3.05) is 19.7 Å². The Morgan fingerprint density at radius 1 is 1.24 bits per heavy atom. The second kappa shape index (κ2) is 6.76. The molecule has 3 rings (SSSR count). The van der Waals surface area contributed by atoms with Crippen LogP contribution in [0.4, 0.5) is 0 Å². The molecule has 7 heteroatoms. The average molecular weight is 342 g/mol. The largest absolute Gasteiger partial charge is 0.368 e. The van der Waals surface area contributed by atoms with E-state index >= 15 is 0 Å². The van der Waals surface area contributed by atoms with E-state index in [0.717, 1.165) is 17.1 Å². The topological polar surface area (TPSA) is 77.3 Å². The predicted octanol–water partition coefficient (Wildman–Crippen LogP) is 1.31. The SMILES string of the molecule is Cc1cc([C@H]2CN(C(=O)c3ccc(C)n(C)c3=O)CCO2)nc(C)n1. The van der Waals surface area contributed by atoms with Crippen LogP contribution in [-0.4, -0.2) is 45.0 Å². The summed E-state index contributed by atoms with van der Waals surface area (Å²) in [5.41, 5.74) is 2.35. The molecule has 1 fully saturated rings. The Hall–Kier alpha value is -2.54. The molecule has 1 amide bonds. The fourth-order valence-electron chi connectivity index (χ4n) is 2.98. The predicted molar refractivity (Wildman–Crippen MR) is 92.5 cm³/mol. The highest BCUT2D eigenvalue weighted by atomic mass is 16.5. The summed E-state index contributed by atoms with van der Waals surface area (Å²) in [5.74, 6) is 0.408. The molecule has 0 bridgehead atoms. The maximum Gasteiger partial charge on any atom is 0.263 e. The van der Waals surface area contributed by atoms with Crippen LogP contribution < -0.4 is 5.56 Å². The lowest BCUT2D eigenvalue weighted by molar-refractivity contribution is -0.0249. The molecule has 1 aliphatic heterocycles. The molecule has 0 aliphatic carbocycles. The molecule has 0 aromatic carbocycles. The number of aromatic nitrogens is 3. The van der Waals surface area contributed by atoms with E-state index in [0.29, 0.717) is 25.5 Å². The highest BCUT2D eigenvalue weighted by molar-refractivity contribution is 5.94. The molecule has 0 N–H and O–H groups in total. The first-order valence-corrected chi connectivity index (χ1v) is 8.26. The third kappa shape index (κ3) is 3.46. The van der Waals surface area contributed by atoms with Crippen LogP contribution in [0, 0.1) is 20.8 Å². The van der Waals surface area contributed by atoms with Crippen molar-refractivity contribution in [1.29, 1.82) is 0 Å². The molecular weight excluding hydrogens is 320 g/mol. The number of pyridine rings is 1.